The topological polar surface area (TPSA) is 53.1 Å². The molecule has 2 aliphatic heterocycles. The maximum Gasteiger partial charge on any atom is 0.233 e. The summed E-state index contributed by atoms with van der Waals surface area (Å²) >= 11 is 0. The first-order valence-corrected chi connectivity index (χ1v) is 11.8. The molecule has 0 N–H and O–H groups in total. The highest BCUT2D eigenvalue weighted by atomic mass is 19.1. The monoisotopic (exact) mass is 449 g/mol. The van der Waals surface area contributed by atoms with Crippen LogP contribution < -0.4 is 9.64 Å². The third kappa shape index (κ3) is 4.90. The maximum atomic E-state index is 13.9. The van der Waals surface area contributed by atoms with Crippen LogP contribution in [0.25, 0.3) is 0 Å². The van der Waals surface area contributed by atoms with E-state index in [9.17, 15) is 18.4 Å². The van der Waals surface area contributed by atoms with Gasteiger partial charge < -0.3 is 9.64 Å². The number of ether oxygens (including phenoxy) is 1. The second-order valence-electron chi connectivity index (χ2n) is 9.41. The van der Waals surface area contributed by atoms with E-state index in [-0.39, 0.29) is 36.1 Å². The third-order valence-electron chi connectivity index (χ3n) is 6.81. The number of fused-ring (bicyclic) bond motifs is 1. The van der Waals surface area contributed by atoms with Gasteiger partial charge in [0, 0.05) is 38.8 Å². The summed E-state index contributed by atoms with van der Waals surface area (Å²) in [7, 11) is 0. The van der Waals surface area contributed by atoms with Crippen LogP contribution in [0.4, 0.5) is 14.5 Å². The molecule has 1 aromatic rings. The normalized spacial score (nSPS) is 26.7. The summed E-state index contributed by atoms with van der Waals surface area (Å²) in [5.74, 6) is -0.651. The minimum Gasteiger partial charge on any atom is -0.489 e. The van der Waals surface area contributed by atoms with Crippen molar-refractivity contribution in [2.45, 2.75) is 51.8 Å². The number of anilines is 1. The Balaban J connectivity index is 1.26. The summed E-state index contributed by atoms with van der Waals surface area (Å²) in [6.07, 6.45) is 0.809. The number of alkyl halides is 1. The number of halogens is 2. The number of rotatable bonds is 7. The molecular weight excluding hydrogens is 416 g/mol. The van der Waals surface area contributed by atoms with E-state index in [0.717, 1.165) is 38.4 Å². The number of imide groups is 1. The average Bonchev–Trinajstić information content (AvgIpc) is 2.99. The summed E-state index contributed by atoms with van der Waals surface area (Å²) in [6.45, 7) is 8.21. The first-order chi connectivity index (χ1) is 15.3. The second-order valence-corrected chi connectivity index (χ2v) is 9.41. The zero-order chi connectivity index (χ0) is 22.8. The van der Waals surface area contributed by atoms with Crippen molar-refractivity contribution in [1.82, 2.24) is 9.80 Å². The molecule has 1 aromatic carbocycles. The van der Waals surface area contributed by atoms with E-state index < -0.39 is 12.1 Å². The summed E-state index contributed by atoms with van der Waals surface area (Å²) in [6, 6.07) is 4.63. The standard InChI is InChI=1S/C24H33F2N3O3/c1-16(2)32-22-7-5-18(26)15-21(22)28-12-10-27(11-13-28)8-3-9-29-23(30)19-6-4-17(25)14-20(19)24(29)31/h5,7,15-17,19-20H,3-4,6,8-14H2,1-2H3. The molecule has 4 rings (SSSR count). The predicted octanol–water partition coefficient (Wildman–Crippen LogP) is 3.25. The van der Waals surface area contributed by atoms with Gasteiger partial charge in [-0.15, -0.1) is 0 Å². The molecule has 6 nitrogen and oxygen atoms in total. The molecule has 176 valence electrons. The maximum absolute atomic E-state index is 13.9. The molecule has 0 bridgehead atoms. The van der Waals surface area contributed by atoms with E-state index in [4.69, 9.17) is 4.74 Å². The number of nitrogens with zero attached hydrogens (tertiary/aromatic N) is 3. The number of benzene rings is 1. The molecule has 2 heterocycles. The van der Waals surface area contributed by atoms with Gasteiger partial charge in [-0.05, 0) is 58.2 Å². The lowest BCUT2D eigenvalue weighted by Gasteiger charge is -2.37. The van der Waals surface area contributed by atoms with Crippen molar-refractivity contribution >= 4 is 17.5 Å². The summed E-state index contributed by atoms with van der Waals surface area (Å²) < 4.78 is 33.4. The Kier molecular flexibility index (Phi) is 6.98. The van der Waals surface area contributed by atoms with Gasteiger partial charge in [0.1, 0.15) is 17.7 Å². The Morgan fingerprint density at radius 2 is 1.75 bits per heavy atom. The minimum absolute atomic E-state index is 0.0103. The number of piperazine rings is 1. The molecule has 8 heteroatoms. The number of carbonyl (C=O) groups is 2. The van der Waals surface area contributed by atoms with E-state index in [0.29, 0.717) is 31.6 Å². The highest BCUT2D eigenvalue weighted by Crippen LogP contribution is 2.39. The van der Waals surface area contributed by atoms with Crippen LogP contribution in [0.15, 0.2) is 18.2 Å². The Labute approximate surface area is 188 Å². The second kappa shape index (κ2) is 9.73. The first kappa shape index (κ1) is 23.0. The average molecular weight is 450 g/mol. The minimum atomic E-state index is -0.964. The van der Waals surface area contributed by atoms with Gasteiger partial charge in [0.25, 0.3) is 0 Å². The summed E-state index contributed by atoms with van der Waals surface area (Å²) in [5.41, 5.74) is 0.778. The SMILES string of the molecule is CC(C)Oc1ccc(F)cc1N1CCN(CCCN2C(=O)C3CCC(F)CC3C2=O)CC1. The van der Waals surface area contributed by atoms with E-state index in [1.54, 1.807) is 6.07 Å². The van der Waals surface area contributed by atoms with Gasteiger partial charge in [0.15, 0.2) is 0 Å². The van der Waals surface area contributed by atoms with Gasteiger partial charge in [-0.1, -0.05) is 0 Å². The fourth-order valence-corrected chi connectivity index (χ4v) is 5.17. The van der Waals surface area contributed by atoms with Crippen molar-refractivity contribution in [3.05, 3.63) is 24.0 Å². The quantitative estimate of drug-likeness (QED) is 0.599. The van der Waals surface area contributed by atoms with Crippen LogP contribution in [-0.4, -0.2) is 73.2 Å². The van der Waals surface area contributed by atoms with Gasteiger partial charge in [-0.2, -0.15) is 0 Å². The number of amides is 2. The number of carbonyl (C=O) groups excluding carboxylic acids is 2. The van der Waals surface area contributed by atoms with Gasteiger partial charge >= 0.3 is 0 Å². The zero-order valence-corrected chi connectivity index (χ0v) is 18.9. The fourth-order valence-electron chi connectivity index (χ4n) is 5.17. The largest absolute Gasteiger partial charge is 0.489 e. The van der Waals surface area contributed by atoms with Crippen molar-refractivity contribution in [2.24, 2.45) is 11.8 Å². The van der Waals surface area contributed by atoms with Crippen molar-refractivity contribution < 1.29 is 23.1 Å². The molecule has 2 amide bonds. The van der Waals surface area contributed by atoms with Crippen LogP contribution in [0.5, 0.6) is 5.75 Å². The van der Waals surface area contributed by atoms with E-state index >= 15 is 0 Å². The highest BCUT2D eigenvalue weighted by Gasteiger charge is 2.49. The summed E-state index contributed by atoms with van der Waals surface area (Å²) in [5, 5.41) is 0. The van der Waals surface area contributed by atoms with Gasteiger partial charge in [0.2, 0.25) is 11.8 Å². The number of hydrogen-bond acceptors (Lipinski definition) is 5. The molecule has 1 saturated carbocycles. The Morgan fingerprint density at radius 3 is 2.47 bits per heavy atom. The van der Waals surface area contributed by atoms with Crippen molar-refractivity contribution in [1.29, 1.82) is 0 Å². The van der Waals surface area contributed by atoms with Crippen LogP contribution in [0.2, 0.25) is 0 Å². The van der Waals surface area contributed by atoms with E-state index in [2.05, 4.69) is 9.80 Å². The number of hydrogen-bond donors (Lipinski definition) is 0. The van der Waals surface area contributed by atoms with Crippen LogP contribution in [0.3, 0.4) is 0 Å². The van der Waals surface area contributed by atoms with Crippen LogP contribution >= 0.6 is 0 Å². The smallest absolute Gasteiger partial charge is 0.233 e. The van der Waals surface area contributed by atoms with Crippen molar-refractivity contribution in [3.8, 4) is 5.75 Å². The van der Waals surface area contributed by atoms with Gasteiger partial charge in [0.05, 0.1) is 23.6 Å². The molecule has 3 aliphatic rings. The lowest BCUT2D eigenvalue weighted by Crippen LogP contribution is -2.47. The Bertz CT molecular complexity index is 842. The highest BCUT2D eigenvalue weighted by molar-refractivity contribution is 6.05. The lowest BCUT2D eigenvalue weighted by molar-refractivity contribution is -0.140. The molecule has 2 saturated heterocycles. The van der Waals surface area contributed by atoms with E-state index in [1.807, 2.05) is 13.8 Å². The zero-order valence-electron chi connectivity index (χ0n) is 18.9. The molecule has 3 fully saturated rings. The predicted molar refractivity (Wildman–Crippen MR) is 118 cm³/mol. The molecule has 3 unspecified atom stereocenters. The van der Waals surface area contributed by atoms with Crippen LogP contribution in [0.1, 0.15) is 39.5 Å². The third-order valence-corrected chi connectivity index (χ3v) is 6.81. The van der Waals surface area contributed by atoms with Crippen molar-refractivity contribution in [2.75, 3.05) is 44.2 Å². The molecule has 32 heavy (non-hydrogen) atoms. The fraction of sp³-hybridized carbons (Fsp3) is 0.667. The molecule has 0 spiro atoms. The molecular formula is C24H33F2N3O3. The molecule has 3 atom stereocenters. The first-order valence-electron chi connectivity index (χ1n) is 11.8. The van der Waals surface area contributed by atoms with Crippen molar-refractivity contribution in [3.63, 3.8) is 0 Å². The Morgan fingerprint density at radius 1 is 1.03 bits per heavy atom. The summed E-state index contributed by atoms with van der Waals surface area (Å²) in [4.78, 5) is 31.0. The van der Waals surface area contributed by atoms with Crippen LogP contribution in [-0.2, 0) is 9.59 Å². The molecule has 1 aliphatic carbocycles. The van der Waals surface area contributed by atoms with E-state index in [1.165, 1.54) is 17.0 Å². The number of likely N-dealkylation sites (tertiary alicyclic amines) is 1. The molecule has 0 aromatic heterocycles. The molecule has 0 radical (unpaired) electrons. The Hall–Kier alpha value is -2.22. The van der Waals surface area contributed by atoms with Gasteiger partial charge in [-0.3, -0.25) is 19.4 Å². The van der Waals surface area contributed by atoms with Gasteiger partial charge in [-0.25, -0.2) is 8.78 Å². The lowest BCUT2D eigenvalue weighted by atomic mass is 9.80. The van der Waals surface area contributed by atoms with Crippen LogP contribution in [0, 0.1) is 17.7 Å².